The van der Waals surface area contributed by atoms with Crippen LogP contribution >= 0.6 is 0 Å². The van der Waals surface area contributed by atoms with Crippen molar-refractivity contribution in [2.75, 3.05) is 7.11 Å². The molecule has 0 aliphatic carbocycles. The molecule has 3 aromatic carbocycles. The Labute approximate surface area is 128 Å². The lowest BCUT2D eigenvalue weighted by atomic mass is 9.94. The van der Waals surface area contributed by atoms with Gasteiger partial charge < -0.3 is 9.53 Å². The molecule has 0 fully saturated rings. The lowest BCUT2D eigenvalue weighted by molar-refractivity contribution is -0.107. The van der Waals surface area contributed by atoms with Gasteiger partial charge in [-0.15, -0.1) is 0 Å². The van der Waals surface area contributed by atoms with Crippen LogP contribution in [-0.4, -0.2) is 13.4 Å². The van der Waals surface area contributed by atoms with E-state index in [-0.39, 0.29) is 5.75 Å². The fourth-order valence-corrected chi connectivity index (χ4v) is 2.66. The molecule has 0 unspecified atom stereocenters. The molecule has 2 nitrogen and oxygen atoms in total. The molecule has 0 bridgehead atoms. The lowest BCUT2D eigenvalue weighted by Crippen LogP contribution is -1.92. The molecule has 0 saturated carbocycles. The molecule has 3 aromatic rings. The SMILES string of the molecule is COc1ccc(-c2cc(CC=O)cc3ccccc23)cc1F. The predicted molar refractivity (Wildman–Crippen MR) is 85.7 cm³/mol. The molecule has 3 rings (SSSR count). The van der Waals surface area contributed by atoms with Crippen molar-refractivity contribution in [3.8, 4) is 16.9 Å². The van der Waals surface area contributed by atoms with Crippen LogP contribution in [0.5, 0.6) is 5.75 Å². The Kier molecular flexibility index (Phi) is 3.88. The fraction of sp³-hybridized carbons (Fsp3) is 0.105. The minimum Gasteiger partial charge on any atom is -0.494 e. The average Bonchev–Trinajstić information content (AvgIpc) is 2.54. The molecule has 0 spiro atoms. The standard InChI is InChI=1S/C19H15FO2/c1-22-19-7-6-15(12-18(19)20)17-11-13(8-9-21)10-14-4-2-3-5-16(14)17/h2-7,9-12H,8H2,1H3. The second-order valence-electron chi connectivity index (χ2n) is 5.08. The summed E-state index contributed by atoms with van der Waals surface area (Å²) in [6.07, 6.45) is 1.22. The summed E-state index contributed by atoms with van der Waals surface area (Å²) >= 11 is 0. The first-order valence-electron chi connectivity index (χ1n) is 7.02. The van der Waals surface area contributed by atoms with E-state index in [4.69, 9.17) is 4.74 Å². The van der Waals surface area contributed by atoms with Gasteiger partial charge in [-0.3, -0.25) is 0 Å². The third-order valence-electron chi connectivity index (χ3n) is 3.70. The molecule has 0 radical (unpaired) electrons. The second-order valence-corrected chi connectivity index (χ2v) is 5.08. The van der Waals surface area contributed by atoms with Crippen molar-refractivity contribution >= 4 is 17.1 Å². The highest BCUT2D eigenvalue weighted by Crippen LogP contribution is 2.32. The predicted octanol–water partition coefficient (Wildman–Crippen LogP) is 4.40. The van der Waals surface area contributed by atoms with Gasteiger partial charge in [0, 0.05) is 6.42 Å². The van der Waals surface area contributed by atoms with E-state index in [0.29, 0.717) is 6.42 Å². The molecular formula is C19H15FO2. The molecular weight excluding hydrogens is 279 g/mol. The molecule has 0 aliphatic rings. The third-order valence-corrected chi connectivity index (χ3v) is 3.70. The van der Waals surface area contributed by atoms with Crippen molar-refractivity contribution in [3.05, 3.63) is 66.0 Å². The van der Waals surface area contributed by atoms with Gasteiger partial charge in [0.15, 0.2) is 11.6 Å². The first-order valence-corrected chi connectivity index (χ1v) is 7.02. The molecule has 3 heteroatoms. The Morgan fingerprint density at radius 1 is 1.09 bits per heavy atom. The van der Waals surface area contributed by atoms with E-state index in [0.717, 1.165) is 33.7 Å². The molecule has 0 aromatic heterocycles. The maximum Gasteiger partial charge on any atom is 0.165 e. The second kappa shape index (κ2) is 5.98. The van der Waals surface area contributed by atoms with E-state index in [2.05, 4.69) is 0 Å². The zero-order chi connectivity index (χ0) is 15.5. The van der Waals surface area contributed by atoms with Gasteiger partial charge in [0.2, 0.25) is 0 Å². The molecule has 0 N–H and O–H groups in total. The summed E-state index contributed by atoms with van der Waals surface area (Å²) in [6, 6.07) is 16.7. The molecule has 0 saturated heterocycles. The van der Waals surface area contributed by atoms with E-state index in [9.17, 15) is 9.18 Å². The first kappa shape index (κ1) is 14.3. The Hall–Kier alpha value is -2.68. The van der Waals surface area contributed by atoms with Crippen molar-refractivity contribution in [3.63, 3.8) is 0 Å². The summed E-state index contributed by atoms with van der Waals surface area (Å²) in [4.78, 5) is 10.8. The normalized spacial score (nSPS) is 10.6. The summed E-state index contributed by atoms with van der Waals surface area (Å²) in [5.74, 6) is -0.179. The van der Waals surface area contributed by atoms with Crippen LogP contribution in [0, 0.1) is 5.82 Å². The number of methoxy groups -OCH3 is 1. The monoisotopic (exact) mass is 294 g/mol. The minimum absolute atomic E-state index is 0.220. The van der Waals surface area contributed by atoms with Crippen LogP contribution in [-0.2, 0) is 11.2 Å². The van der Waals surface area contributed by atoms with Crippen molar-refractivity contribution in [2.45, 2.75) is 6.42 Å². The summed E-state index contributed by atoms with van der Waals surface area (Å²) in [5.41, 5.74) is 2.60. The number of ether oxygens (including phenoxy) is 1. The first-order chi connectivity index (χ1) is 10.7. The van der Waals surface area contributed by atoms with Crippen LogP contribution in [0.15, 0.2) is 54.6 Å². The fourth-order valence-electron chi connectivity index (χ4n) is 2.66. The van der Waals surface area contributed by atoms with Crippen LogP contribution in [0.1, 0.15) is 5.56 Å². The Morgan fingerprint density at radius 3 is 2.64 bits per heavy atom. The highest BCUT2D eigenvalue weighted by Gasteiger charge is 2.09. The number of rotatable bonds is 4. The number of carbonyl (C=O) groups excluding carboxylic acids is 1. The third kappa shape index (κ3) is 2.58. The van der Waals surface area contributed by atoms with E-state index >= 15 is 0 Å². The highest BCUT2D eigenvalue weighted by molar-refractivity contribution is 5.97. The van der Waals surface area contributed by atoms with Gasteiger partial charge in [0.05, 0.1) is 7.11 Å². The van der Waals surface area contributed by atoms with E-state index in [1.807, 2.05) is 42.5 Å². The molecule has 0 amide bonds. The van der Waals surface area contributed by atoms with Gasteiger partial charge >= 0.3 is 0 Å². The summed E-state index contributed by atoms with van der Waals surface area (Å²) < 4.78 is 19.0. The summed E-state index contributed by atoms with van der Waals surface area (Å²) in [7, 11) is 1.44. The smallest absolute Gasteiger partial charge is 0.165 e. The number of hydrogen-bond acceptors (Lipinski definition) is 2. The maximum absolute atomic E-state index is 14.0. The molecule has 0 atom stereocenters. The van der Waals surface area contributed by atoms with E-state index in [1.165, 1.54) is 13.2 Å². The largest absolute Gasteiger partial charge is 0.494 e. The number of halogens is 1. The van der Waals surface area contributed by atoms with Crippen molar-refractivity contribution in [1.29, 1.82) is 0 Å². The van der Waals surface area contributed by atoms with Gasteiger partial charge in [0.25, 0.3) is 0 Å². The molecule has 0 heterocycles. The van der Waals surface area contributed by atoms with Crippen molar-refractivity contribution < 1.29 is 13.9 Å². The van der Waals surface area contributed by atoms with Crippen LogP contribution in [0.25, 0.3) is 21.9 Å². The van der Waals surface area contributed by atoms with Gasteiger partial charge in [-0.2, -0.15) is 0 Å². The van der Waals surface area contributed by atoms with Gasteiger partial charge in [-0.05, 0) is 39.6 Å². The molecule has 0 aliphatic heterocycles. The number of carbonyl (C=O) groups is 1. The van der Waals surface area contributed by atoms with Crippen molar-refractivity contribution in [1.82, 2.24) is 0 Å². The highest BCUT2D eigenvalue weighted by atomic mass is 19.1. The van der Waals surface area contributed by atoms with Crippen molar-refractivity contribution in [2.24, 2.45) is 0 Å². The maximum atomic E-state index is 14.0. The number of aldehydes is 1. The van der Waals surface area contributed by atoms with Crippen LogP contribution in [0.4, 0.5) is 4.39 Å². The van der Waals surface area contributed by atoms with Gasteiger partial charge in [-0.1, -0.05) is 42.5 Å². The lowest BCUT2D eigenvalue weighted by Gasteiger charge is -2.11. The summed E-state index contributed by atoms with van der Waals surface area (Å²) in [5, 5.41) is 2.06. The molecule has 110 valence electrons. The molecule has 22 heavy (non-hydrogen) atoms. The van der Waals surface area contributed by atoms with Crippen LogP contribution < -0.4 is 4.74 Å². The number of fused-ring (bicyclic) bond motifs is 1. The van der Waals surface area contributed by atoms with Gasteiger partial charge in [-0.25, -0.2) is 4.39 Å². The van der Waals surface area contributed by atoms with E-state index in [1.54, 1.807) is 6.07 Å². The topological polar surface area (TPSA) is 26.3 Å². The quantitative estimate of drug-likeness (QED) is 0.667. The number of benzene rings is 3. The van der Waals surface area contributed by atoms with Crippen LogP contribution in [0.3, 0.4) is 0 Å². The zero-order valence-electron chi connectivity index (χ0n) is 12.2. The Balaban J connectivity index is 2.24. The van der Waals surface area contributed by atoms with Crippen LogP contribution in [0.2, 0.25) is 0 Å². The Bertz CT molecular complexity index is 840. The minimum atomic E-state index is -0.398. The summed E-state index contributed by atoms with van der Waals surface area (Å²) in [6.45, 7) is 0. The number of hydrogen-bond donors (Lipinski definition) is 0. The van der Waals surface area contributed by atoms with Gasteiger partial charge in [0.1, 0.15) is 6.29 Å². The van der Waals surface area contributed by atoms with E-state index < -0.39 is 5.82 Å². The average molecular weight is 294 g/mol. The Morgan fingerprint density at radius 2 is 1.91 bits per heavy atom. The zero-order valence-corrected chi connectivity index (χ0v) is 12.2.